The maximum absolute atomic E-state index is 4.37. The zero-order valence-corrected chi connectivity index (χ0v) is 8.73. The van der Waals surface area contributed by atoms with E-state index in [1.807, 2.05) is 19.1 Å². The Bertz CT molecular complexity index is 372. The fraction of sp³-hybridized carbons (Fsp3) is 0.111. The van der Waals surface area contributed by atoms with Gasteiger partial charge in [0.25, 0.3) is 0 Å². The van der Waals surface area contributed by atoms with Crippen LogP contribution in [-0.2, 0) is 0 Å². The van der Waals surface area contributed by atoms with Crippen molar-refractivity contribution in [2.45, 2.75) is 6.92 Å². The number of aryl methyl sites for hydroxylation is 1. The highest BCUT2D eigenvalue weighted by Crippen LogP contribution is 2.21. The van der Waals surface area contributed by atoms with Crippen molar-refractivity contribution >= 4 is 23.7 Å². The van der Waals surface area contributed by atoms with Gasteiger partial charge in [0.15, 0.2) is 0 Å². The molecule has 0 unspecified atom stereocenters. The van der Waals surface area contributed by atoms with Crippen molar-refractivity contribution in [3.8, 4) is 10.6 Å². The van der Waals surface area contributed by atoms with Crippen molar-refractivity contribution in [2.24, 2.45) is 0 Å². The summed E-state index contributed by atoms with van der Waals surface area (Å²) >= 11 is 1.66. The molecular formula is C9H9ClN2S. The lowest BCUT2D eigenvalue weighted by atomic mass is 10.3. The van der Waals surface area contributed by atoms with Gasteiger partial charge < -0.3 is 0 Å². The summed E-state index contributed by atoms with van der Waals surface area (Å²) in [6.45, 7) is 2.00. The van der Waals surface area contributed by atoms with Gasteiger partial charge in [0.2, 0.25) is 0 Å². The van der Waals surface area contributed by atoms with E-state index in [4.69, 9.17) is 0 Å². The molecule has 0 bridgehead atoms. The third-order valence-electron chi connectivity index (χ3n) is 1.55. The molecule has 0 aliphatic heterocycles. The van der Waals surface area contributed by atoms with Crippen LogP contribution in [0.25, 0.3) is 10.6 Å². The van der Waals surface area contributed by atoms with Crippen LogP contribution in [0.4, 0.5) is 0 Å². The van der Waals surface area contributed by atoms with Crippen LogP contribution in [0.15, 0.2) is 29.9 Å². The molecule has 68 valence electrons. The molecule has 2 aromatic heterocycles. The Labute approximate surface area is 87.1 Å². The first-order valence-electron chi connectivity index (χ1n) is 3.69. The van der Waals surface area contributed by atoms with Gasteiger partial charge in [0, 0.05) is 29.0 Å². The van der Waals surface area contributed by atoms with Gasteiger partial charge in [-0.1, -0.05) is 0 Å². The molecule has 0 amide bonds. The van der Waals surface area contributed by atoms with Crippen molar-refractivity contribution in [1.29, 1.82) is 0 Å². The molecule has 2 heterocycles. The third-order valence-corrected chi connectivity index (χ3v) is 2.56. The minimum absolute atomic E-state index is 0. The molecule has 0 N–H and O–H groups in total. The Hall–Kier alpha value is -0.930. The number of hydrogen-bond donors (Lipinski definition) is 0. The largest absolute Gasteiger partial charge is 0.265 e. The van der Waals surface area contributed by atoms with Gasteiger partial charge in [-0.3, -0.25) is 4.98 Å². The summed E-state index contributed by atoms with van der Waals surface area (Å²) in [6, 6.07) is 3.94. The molecule has 0 aliphatic carbocycles. The minimum Gasteiger partial charge on any atom is -0.265 e. The number of halogens is 1. The van der Waals surface area contributed by atoms with Gasteiger partial charge in [-0.25, -0.2) is 4.98 Å². The van der Waals surface area contributed by atoms with Crippen LogP contribution in [0.1, 0.15) is 5.69 Å². The SMILES string of the molecule is Cc1csc(-c2ccncc2)n1.Cl. The molecule has 0 saturated carbocycles. The molecule has 4 heteroatoms. The second-order valence-electron chi connectivity index (χ2n) is 2.53. The zero-order chi connectivity index (χ0) is 8.39. The van der Waals surface area contributed by atoms with E-state index in [0.29, 0.717) is 0 Å². The minimum atomic E-state index is 0. The number of thiazole rings is 1. The van der Waals surface area contributed by atoms with E-state index in [2.05, 4.69) is 15.3 Å². The second-order valence-corrected chi connectivity index (χ2v) is 3.39. The Morgan fingerprint density at radius 1 is 1.23 bits per heavy atom. The molecule has 0 saturated heterocycles. The van der Waals surface area contributed by atoms with Gasteiger partial charge in [0.1, 0.15) is 5.01 Å². The topological polar surface area (TPSA) is 25.8 Å². The quantitative estimate of drug-likeness (QED) is 0.727. The van der Waals surface area contributed by atoms with Crippen molar-refractivity contribution in [2.75, 3.05) is 0 Å². The van der Waals surface area contributed by atoms with Gasteiger partial charge in [-0.2, -0.15) is 0 Å². The zero-order valence-electron chi connectivity index (χ0n) is 7.10. The van der Waals surface area contributed by atoms with Crippen LogP contribution in [0, 0.1) is 6.92 Å². The van der Waals surface area contributed by atoms with E-state index in [9.17, 15) is 0 Å². The summed E-state index contributed by atoms with van der Waals surface area (Å²) in [4.78, 5) is 8.33. The summed E-state index contributed by atoms with van der Waals surface area (Å²) in [5.74, 6) is 0. The van der Waals surface area contributed by atoms with Gasteiger partial charge in [-0.15, -0.1) is 23.7 Å². The van der Waals surface area contributed by atoms with E-state index < -0.39 is 0 Å². The number of pyridine rings is 1. The van der Waals surface area contributed by atoms with Crippen LogP contribution in [0.2, 0.25) is 0 Å². The van der Waals surface area contributed by atoms with E-state index >= 15 is 0 Å². The molecule has 0 aromatic carbocycles. The molecule has 2 aromatic rings. The van der Waals surface area contributed by atoms with E-state index in [-0.39, 0.29) is 12.4 Å². The van der Waals surface area contributed by atoms with Gasteiger partial charge in [-0.05, 0) is 19.1 Å². The summed E-state index contributed by atoms with van der Waals surface area (Å²) in [5, 5.41) is 3.12. The molecule has 0 spiro atoms. The fourth-order valence-corrected chi connectivity index (χ4v) is 1.78. The predicted molar refractivity (Wildman–Crippen MR) is 57.3 cm³/mol. The lowest BCUT2D eigenvalue weighted by molar-refractivity contribution is 1.26. The maximum Gasteiger partial charge on any atom is 0.123 e. The smallest absolute Gasteiger partial charge is 0.123 e. The fourth-order valence-electron chi connectivity index (χ4n) is 0.981. The molecular weight excluding hydrogens is 204 g/mol. The summed E-state index contributed by atoms with van der Waals surface area (Å²) in [7, 11) is 0. The molecule has 0 aliphatic rings. The molecule has 0 radical (unpaired) electrons. The second kappa shape index (κ2) is 4.35. The van der Waals surface area contributed by atoms with E-state index in [0.717, 1.165) is 16.3 Å². The van der Waals surface area contributed by atoms with E-state index in [1.165, 1.54) is 0 Å². The Kier molecular flexibility index (Phi) is 3.39. The lowest BCUT2D eigenvalue weighted by Crippen LogP contribution is -1.76. The highest BCUT2D eigenvalue weighted by Gasteiger charge is 1.99. The Balaban J connectivity index is 0.000000845. The first-order chi connectivity index (χ1) is 5.86. The van der Waals surface area contributed by atoms with Crippen molar-refractivity contribution in [3.05, 3.63) is 35.6 Å². The lowest BCUT2D eigenvalue weighted by Gasteiger charge is -1.91. The highest BCUT2D eigenvalue weighted by molar-refractivity contribution is 7.13. The molecule has 13 heavy (non-hydrogen) atoms. The Morgan fingerprint density at radius 3 is 2.46 bits per heavy atom. The van der Waals surface area contributed by atoms with Crippen molar-refractivity contribution < 1.29 is 0 Å². The number of rotatable bonds is 1. The average Bonchev–Trinajstić information content (AvgIpc) is 2.54. The normalized spacial score (nSPS) is 9.31. The van der Waals surface area contributed by atoms with Crippen LogP contribution < -0.4 is 0 Å². The summed E-state index contributed by atoms with van der Waals surface area (Å²) in [5.41, 5.74) is 2.22. The maximum atomic E-state index is 4.37. The summed E-state index contributed by atoms with van der Waals surface area (Å²) < 4.78 is 0. The van der Waals surface area contributed by atoms with Crippen LogP contribution in [0.5, 0.6) is 0 Å². The summed E-state index contributed by atoms with van der Waals surface area (Å²) in [6.07, 6.45) is 3.57. The number of aromatic nitrogens is 2. The van der Waals surface area contributed by atoms with Crippen LogP contribution >= 0.6 is 23.7 Å². The molecule has 2 rings (SSSR count). The van der Waals surface area contributed by atoms with E-state index in [1.54, 1.807) is 23.7 Å². The number of hydrogen-bond acceptors (Lipinski definition) is 3. The van der Waals surface area contributed by atoms with Crippen molar-refractivity contribution in [3.63, 3.8) is 0 Å². The van der Waals surface area contributed by atoms with Gasteiger partial charge >= 0.3 is 0 Å². The average molecular weight is 213 g/mol. The highest BCUT2D eigenvalue weighted by atomic mass is 35.5. The first kappa shape index (κ1) is 10.2. The standard InChI is InChI=1S/C9H8N2S.ClH/c1-7-6-12-9(11-7)8-2-4-10-5-3-8;/h2-6H,1H3;1H. The molecule has 0 atom stereocenters. The molecule has 0 fully saturated rings. The van der Waals surface area contributed by atoms with Crippen LogP contribution in [-0.4, -0.2) is 9.97 Å². The molecule has 2 nitrogen and oxygen atoms in total. The monoisotopic (exact) mass is 212 g/mol. The third kappa shape index (κ3) is 2.26. The Morgan fingerprint density at radius 2 is 1.92 bits per heavy atom. The van der Waals surface area contributed by atoms with Crippen molar-refractivity contribution in [1.82, 2.24) is 9.97 Å². The van der Waals surface area contributed by atoms with Crippen LogP contribution in [0.3, 0.4) is 0 Å². The predicted octanol–water partition coefficient (Wildman–Crippen LogP) is 2.94. The first-order valence-corrected chi connectivity index (χ1v) is 4.57. The number of nitrogens with zero attached hydrogens (tertiary/aromatic N) is 2. The van der Waals surface area contributed by atoms with Gasteiger partial charge in [0.05, 0.1) is 0 Å².